The van der Waals surface area contributed by atoms with Gasteiger partial charge in [0.1, 0.15) is 0 Å². The maximum absolute atomic E-state index is 3.94. The second-order valence-electron chi connectivity index (χ2n) is 10.0. The van der Waals surface area contributed by atoms with E-state index in [1.165, 1.54) is 38.8 Å². The summed E-state index contributed by atoms with van der Waals surface area (Å²) in [6.45, 7) is 21.3. The molecule has 1 aliphatic heterocycles. The monoisotopic (exact) mass is 325 g/mol. The molecule has 1 heterocycles. The summed E-state index contributed by atoms with van der Waals surface area (Å²) in [7, 11) is 2.09. The average Bonchev–Trinajstić information content (AvgIpc) is 2.34. The lowest BCUT2D eigenvalue weighted by atomic mass is 9.81. The van der Waals surface area contributed by atoms with Gasteiger partial charge in [0.15, 0.2) is 0 Å². The van der Waals surface area contributed by atoms with Crippen molar-refractivity contribution in [2.24, 2.45) is 5.92 Å². The molecule has 0 aromatic carbocycles. The molecule has 2 N–H and O–H groups in total. The second kappa shape index (κ2) is 7.84. The first-order chi connectivity index (χ1) is 10.4. The van der Waals surface area contributed by atoms with Gasteiger partial charge in [-0.1, -0.05) is 13.8 Å². The van der Waals surface area contributed by atoms with Gasteiger partial charge >= 0.3 is 0 Å². The van der Waals surface area contributed by atoms with E-state index in [9.17, 15) is 0 Å². The standard InChI is InChI=1S/C20H43N3/c1-16(2)14-18(3,4)22-19(5,6)15-20(7,8)23-12-10-17(21-9)11-13-23/h16-17,21-22H,10-15H2,1-9H3. The molecule has 3 nitrogen and oxygen atoms in total. The van der Waals surface area contributed by atoms with E-state index in [1.807, 2.05) is 0 Å². The Balaban J connectivity index is 2.64. The Bertz CT molecular complexity index is 350. The Morgan fingerprint density at radius 1 is 0.957 bits per heavy atom. The zero-order valence-corrected chi connectivity index (χ0v) is 17.3. The van der Waals surface area contributed by atoms with Crippen LogP contribution in [0.25, 0.3) is 0 Å². The van der Waals surface area contributed by atoms with E-state index >= 15 is 0 Å². The first kappa shape index (κ1) is 20.9. The fourth-order valence-electron chi connectivity index (χ4n) is 5.00. The molecule has 1 fully saturated rings. The minimum Gasteiger partial charge on any atom is -0.317 e. The van der Waals surface area contributed by atoms with Crippen LogP contribution in [-0.4, -0.2) is 47.7 Å². The maximum atomic E-state index is 3.94. The lowest BCUT2D eigenvalue weighted by Gasteiger charge is -2.48. The molecule has 0 aromatic rings. The fourth-order valence-corrected chi connectivity index (χ4v) is 5.00. The first-order valence-electron chi connectivity index (χ1n) is 9.58. The van der Waals surface area contributed by atoms with Gasteiger partial charge in [0.05, 0.1) is 0 Å². The number of nitrogens with zero attached hydrogens (tertiary/aromatic N) is 1. The van der Waals surface area contributed by atoms with E-state index in [4.69, 9.17) is 0 Å². The average molecular weight is 326 g/mol. The van der Waals surface area contributed by atoms with Gasteiger partial charge in [0.25, 0.3) is 0 Å². The van der Waals surface area contributed by atoms with Crippen LogP contribution in [0.4, 0.5) is 0 Å². The summed E-state index contributed by atoms with van der Waals surface area (Å²) in [4.78, 5) is 2.69. The third-order valence-corrected chi connectivity index (χ3v) is 5.23. The number of hydrogen-bond donors (Lipinski definition) is 2. The second-order valence-corrected chi connectivity index (χ2v) is 10.0. The van der Waals surface area contributed by atoms with Gasteiger partial charge < -0.3 is 10.6 Å². The summed E-state index contributed by atoms with van der Waals surface area (Å²) in [5.41, 5.74) is 0.567. The third-order valence-electron chi connectivity index (χ3n) is 5.23. The van der Waals surface area contributed by atoms with Crippen LogP contribution in [0.5, 0.6) is 0 Å². The van der Waals surface area contributed by atoms with Gasteiger partial charge in [-0.3, -0.25) is 4.90 Å². The van der Waals surface area contributed by atoms with E-state index < -0.39 is 0 Å². The molecule has 0 saturated carbocycles. The zero-order chi connectivity index (χ0) is 17.9. The largest absolute Gasteiger partial charge is 0.317 e. The molecule has 1 aliphatic rings. The highest BCUT2D eigenvalue weighted by Gasteiger charge is 2.37. The molecule has 0 spiro atoms. The van der Waals surface area contributed by atoms with E-state index in [0.29, 0.717) is 6.04 Å². The van der Waals surface area contributed by atoms with Crippen LogP contribution in [0.2, 0.25) is 0 Å². The predicted molar refractivity (Wildman–Crippen MR) is 103 cm³/mol. The van der Waals surface area contributed by atoms with Crippen molar-refractivity contribution in [3.8, 4) is 0 Å². The summed E-state index contributed by atoms with van der Waals surface area (Å²) in [5, 5.41) is 7.37. The normalized spacial score (nSPS) is 19.6. The number of rotatable bonds is 8. The quantitative estimate of drug-likeness (QED) is 0.705. The minimum absolute atomic E-state index is 0.141. The Morgan fingerprint density at radius 2 is 1.48 bits per heavy atom. The van der Waals surface area contributed by atoms with Gasteiger partial charge in [0, 0.05) is 35.7 Å². The number of hydrogen-bond acceptors (Lipinski definition) is 3. The van der Waals surface area contributed by atoms with Crippen molar-refractivity contribution >= 4 is 0 Å². The molecule has 0 bridgehead atoms. The van der Waals surface area contributed by atoms with E-state index in [0.717, 1.165) is 5.92 Å². The summed E-state index contributed by atoms with van der Waals surface area (Å²) >= 11 is 0. The van der Waals surface area contributed by atoms with Gasteiger partial charge in [-0.2, -0.15) is 0 Å². The summed E-state index contributed by atoms with van der Waals surface area (Å²) in [5.74, 6) is 0.724. The van der Waals surface area contributed by atoms with Crippen molar-refractivity contribution in [3.63, 3.8) is 0 Å². The number of piperidine rings is 1. The Hall–Kier alpha value is -0.120. The smallest absolute Gasteiger partial charge is 0.0170 e. The van der Waals surface area contributed by atoms with Crippen molar-refractivity contribution in [2.75, 3.05) is 20.1 Å². The maximum Gasteiger partial charge on any atom is 0.0170 e. The van der Waals surface area contributed by atoms with Crippen LogP contribution < -0.4 is 10.6 Å². The molecule has 1 saturated heterocycles. The fraction of sp³-hybridized carbons (Fsp3) is 1.00. The number of nitrogens with one attached hydrogen (secondary N) is 2. The molecule has 0 amide bonds. The Kier molecular flexibility index (Phi) is 7.13. The molecule has 0 radical (unpaired) electrons. The van der Waals surface area contributed by atoms with Crippen molar-refractivity contribution in [2.45, 2.75) is 104 Å². The van der Waals surface area contributed by atoms with Crippen LogP contribution >= 0.6 is 0 Å². The Morgan fingerprint density at radius 3 is 1.91 bits per heavy atom. The molecule has 3 heteroatoms. The highest BCUT2D eigenvalue weighted by atomic mass is 15.2. The van der Waals surface area contributed by atoms with Gasteiger partial charge in [-0.15, -0.1) is 0 Å². The van der Waals surface area contributed by atoms with Crippen LogP contribution in [-0.2, 0) is 0 Å². The predicted octanol–water partition coefficient (Wildman–Crippen LogP) is 4.03. The van der Waals surface area contributed by atoms with Crippen molar-refractivity contribution in [1.29, 1.82) is 0 Å². The van der Waals surface area contributed by atoms with Crippen LogP contribution in [0.3, 0.4) is 0 Å². The van der Waals surface area contributed by atoms with E-state index in [-0.39, 0.29) is 16.6 Å². The molecule has 0 atom stereocenters. The SMILES string of the molecule is CNC1CCN(C(C)(C)CC(C)(C)NC(C)(C)CC(C)C)CC1. The van der Waals surface area contributed by atoms with Gasteiger partial charge in [-0.25, -0.2) is 0 Å². The van der Waals surface area contributed by atoms with Crippen LogP contribution in [0, 0.1) is 5.92 Å². The molecule has 23 heavy (non-hydrogen) atoms. The van der Waals surface area contributed by atoms with Crippen LogP contribution in [0.1, 0.15) is 81.1 Å². The molecule has 138 valence electrons. The highest BCUT2D eigenvalue weighted by Crippen LogP contribution is 2.31. The topological polar surface area (TPSA) is 27.3 Å². The molecule has 0 unspecified atom stereocenters. The molecule has 1 rings (SSSR count). The lowest BCUT2D eigenvalue weighted by Crippen LogP contribution is -2.59. The molecular formula is C20H43N3. The molecule has 0 aromatic heterocycles. The van der Waals surface area contributed by atoms with Crippen molar-refractivity contribution < 1.29 is 0 Å². The Labute approximate surface area is 146 Å². The van der Waals surface area contributed by atoms with Crippen molar-refractivity contribution in [1.82, 2.24) is 15.5 Å². The van der Waals surface area contributed by atoms with E-state index in [2.05, 4.69) is 78.0 Å². The van der Waals surface area contributed by atoms with Crippen LogP contribution in [0.15, 0.2) is 0 Å². The third kappa shape index (κ3) is 7.11. The summed E-state index contributed by atoms with van der Waals surface area (Å²) in [6.07, 6.45) is 4.93. The van der Waals surface area contributed by atoms with Crippen molar-refractivity contribution in [3.05, 3.63) is 0 Å². The van der Waals surface area contributed by atoms with Gasteiger partial charge in [-0.05, 0) is 80.2 Å². The lowest BCUT2D eigenvalue weighted by molar-refractivity contribution is 0.0500. The summed E-state index contributed by atoms with van der Waals surface area (Å²) in [6, 6.07) is 0.707. The zero-order valence-electron chi connectivity index (χ0n) is 17.3. The van der Waals surface area contributed by atoms with Gasteiger partial charge in [0.2, 0.25) is 0 Å². The first-order valence-corrected chi connectivity index (χ1v) is 9.58. The molecule has 0 aliphatic carbocycles. The summed E-state index contributed by atoms with van der Waals surface area (Å²) < 4.78 is 0. The minimum atomic E-state index is 0.141. The highest BCUT2D eigenvalue weighted by molar-refractivity contribution is 4.97. The molecular weight excluding hydrogens is 282 g/mol. The number of likely N-dealkylation sites (tertiary alicyclic amines) is 1. The van der Waals surface area contributed by atoms with E-state index in [1.54, 1.807) is 0 Å².